The van der Waals surface area contributed by atoms with Gasteiger partial charge in [-0.05, 0) is 26.6 Å². The van der Waals surface area contributed by atoms with Crippen molar-refractivity contribution in [3.8, 4) is 0 Å². The molecule has 0 bridgehead atoms. The molecule has 0 N–H and O–H groups in total. The Hall–Kier alpha value is -0.150. The molecule has 3 heteroatoms. The van der Waals surface area contributed by atoms with Gasteiger partial charge in [0.25, 0.3) is 0 Å². The Balaban J connectivity index is 0. The summed E-state index contributed by atoms with van der Waals surface area (Å²) in [5.41, 5.74) is 0.654. The Morgan fingerprint density at radius 3 is 2.18 bits per heavy atom. The van der Waals surface area contributed by atoms with E-state index in [-0.39, 0.29) is 22.8 Å². The summed E-state index contributed by atoms with van der Waals surface area (Å²) in [4.78, 5) is 12.9. The van der Waals surface area contributed by atoms with Crippen LogP contribution >= 0.6 is 17.0 Å². The lowest BCUT2D eigenvalue weighted by Gasteiger charge is -2.07. The van der Waals surface area contributed by atoms with Gasteiger partial charge in [0.05, 0.1) is 0 Å². The number of hydrogen-bond acceptors (Lipinski definition) is 2. The highest BCUT2D eigenvalue weighted by atomic mass is 79.9. The first-order valence-corrected chi connectivity index (χ1v) is 3.37. The largest absolute Gasteiger partial charge is 0.309 e. The van der Waals surface area contributed by atoms with E-state index < -0.39 is 0 Å². The van der Waals surface area contributed by atoms with Crippen LogP contribution in [0.2, 0.25) is 0 Å². The van der Waals surface area contributed by atoms with Crippen LogP contribution in [0.1, 0.15) is 13.3 Å². The van der Waals surface area contributed by atoms with Crippen LogP contribution < -0.4 is 0 Å². The summed E-state index contributed by atoms with van der Waals surface area (Å²) in [5, 5.41) is 0. The van der Waals surface area contributed by atoms with Crippen molar-refractivity contribution in [2.75, 3.05) is 20.6 Å². The number of nitrogens with zero attached hydrogens (tertiary/aromatic N) is 1. The fourth-order valence-electron chi connectivity index (χ4n) is 0.539. The molecule has 0 spiro atoms. The molecule has 11 heavy (non-hydrogen) atoms. The van der Waals surface area contributed by atoms with E-state index in [0.717, 1.165) is 6.54 Å². The SMILES string of the molecule is Br.C=C(C)C(=O)CCN(C)C. The lowest BCUT2D eigenvalue weighted by atomic mass is 10.1. The molecule has 0 saturated heterocycles. The molecule has 0 aliphatic rings. The second-order valence-corrected chi connectivity index (χ2v) is 2.76. The molecule has 66 valence electrons. The Labute approximate surface area is 79.0 Å². The second-order valence-electron chi connectivity index (χ2n) is 2.76. The van der Waals surface area contributed by atoms with Gasteiger partial charge in [-0.3, -0.25) is 4.79 Å². The maximum Gasteiger partial charge on any atom is 0.159 e. The van der Waals surface area contributed by atoms with E-state index in [0.29, 0.717) is 12.0 Å². The van der Waals surface area contributed by atoms with Crippen LogP contribution in [0.3, 0.4) is 0 Å². The first-order valence-electron chi connectivity index (χ1n) is 3.37. The number of allylic oxidation sites excluding steroid dienone is 1. The smallest absolute Gasteiger partial charge is 0.159 e. The third kappa shape index (κ3) is 7.75. The van der Waals surface area contributed by atoms with E-state index in [1.165, 1.54) is 0 Å². The van der Waals surface area contributed by atoms with Crippen LogP contribution in [0, 0.1) is 0 Å². The zero-order valence-corrected chi connectivity index (χ0v) is 9.10. The predicted molar refractivity (Wildman–Crippen MR) is 53.3 cm³/mol. The Bertz CT molecular complexity index is 143. The molecule has 0 atom stereocenters. The van der Waals surface area contributed by atoms with Crippen molar-refractivity contribution in [1.82, 2.24) is 4.90 Å². The lowest BCUT2D eigenvalue weighted by molar-refractivity contribution is -0.115. The molecular formula is C8H16BrNO. The van der Waals surface area contributed by atoms with E-state index in [1.54, 1.807) is 6.92 Å². The van der Waals surface area contributed by atoms with Gasteiger partial charge < -0.3 is 4.90 Å². The van der Waals surface area contributed by atoms with Gasteiger partial charge in [-0.15, -0.1) is 17.0 Å². The van der Waals surface area contributed by atoms with Crippen molar-refractivity contribution in [3.05, 3.63) is 12.2 Å². The second kappa shape index (κ2) is 6.55. The van der Waals surface area contributed by atoms with Crippen LogP contribution in [0.5, 0.6) is 0 Å². The molecule has 0 amide bonds. The van der Waals surface area contributed by atoms with Gasteiger partial charge in [0.2, 0.25) is 0 Å². The van der Waals surface area contributed by atoms with E-state index in [1.807, 2.05) is 19.0 Å². The zero-order valence-electron chi connectivity index (χ0n) is 7.39. The van der Waals surface area contributed by atoms with Gasteiger partial charge in [0.1, 0.15) is 0 Å². The molecule has 0 unspecified atom stereocenters. The number of carbonyl (C=O) groups excluding carboxylic acids is 1. The third-order valence-corrected chi connectivity index (χ3v) is 1.26. The number of ketones is 1. The monoisotopic (exact) mass is 221 g/mol. The molecule has 0 heterocycles. The molecule has 0 fully saturated rings. The number of halogens is 1. The summed E-state index contributed by atoms with van der Waals surface area (Å²) in [7, 11) is 3.90. The molecule has 0 saturated carbocycles. The zero-order chi connectivity index (χ0) is 8.15. The average Bonchev–Trinajstić information content (AvgIpc) is 1.82. The molecular weight excluding hydrogens is 206 g/mol. The third-order valence-electron chi connectivity index (χ3n) is 1.26. The van der Waals surface area contributed by atoms with E-state index in [9.17, 15) is 4.79 Å². The quantitative estimate of drug-likeness (QED) is 0.674. The van der Waals surface area contributed by atoms with Crippen LogP contribution in [0.4, 0.5) is 0 Å². The van der Waals surface area contributed by atoms with Crippen molar-refractivity contribution in [2.45, 2.75) is 13.3 Å². The van der Waals surface area contributed by atoms with Gasteiger partial charge in [-0.1, -0.05) is 6.58 Å². The summed E-state index contributed by atoms with van der Waals surface area (Å²) in [6.45, 7) is 6.12. The number of carbonyl (C=O) groups is 1. The molecule has 0 aliphatic heterocycles. The normalized spacial score (nSPS) is 9.09. The first-order chi connectivity index (χ1) is 4.54. The minimum absolute atomic E-state index is 0. The summed E-state index contributed by atoms with van der Waals surface area (Å²) in [5.74, 6) is 0.161. The Morgan fingerprint density at radius 2 is 1.91 bits per heavy atom. The van der Waals surface area contributed by atoms with Gasteiger partial charge in [-0.2, -0.15) is 0 Å². The summed E-state index contributed by atoms with van der Waals surface area (Å²) < 4.78 is 0. The fraction of sp³-hybridized carbons (Fsp3) is 0.625. The topological polar surface area (TPSA) is 20.3 Å². The minimum atomic E-state index is 0. The van der Waals surface area contributed by atoms with E-state index >= 15 is 0 Å². The van der Waals surface area contributed by atoms with Crippen molar-refractivity contribution in [3.63, 3.8) is 0 Å². The van der Waals surface area contributed by atoms with E-state index in [4.69, 9.17) is 0 Å². The molecule has 0 aromatic rings. The van der Waals surface area contributed by atoms with Crippen LogP contribution in [-0.2, 0) is 4.79 Å². The van der Waals surface area contributed by atoms with Crippen molar-refractivity contribution in [1.29, 1.82) is 0 Å². The Kier molecular flexibility index (Phi) is 8.01. The summed E-state index contributed by atoms with van der Waals surface area (Å²) in [6, 6.07) is 0. The van der Waals surface area contributed by atoms with Crippen LogP contribution in [0.25, 0.3) is 0 Å². The van der Waals surface area contributed by atoms with Crippen LogP contribution in [-0.4, -0.2) is 31.3 Å². The Morgan fingerprint density at radius 1 is 1.45 bits per heavy atom. The van der Waals surface area contributed by atoms with Crippen LogP contribution in [0.15, 0.2) is 12.2 Å². The molecule has 0 radical (unpaired) electrons. The highest BCUT2D eigenvalue weighted by Crippen LogP contribution is 1.95. The fourth-order valence-corrected chi connectivity index (χ4v) is 0.539. The molecule has 0 aromatic carbocycles. The lowest BCUT2D eigenvalue weighted by Crippen LogP contribution is -2.16. The van der Waals surface area contributed by atoms with Gasteiger partial charge in [0.15, 0.2) is 5.78 Å². The standard InChI is InChI=1S/C8H15NO.BrH/c1-7(2)8(10)5-6-9(3)4;/h1,5-6H2,2-4H3;1H. The van der Waals surface area contributed by atoms with Crippen molar-refractivity contribution in [2.24, 2.45) is 0 Å². The molecule has 0 aromatic heterocycles. The predicted octanol–water partition coefficient (Wildman–Crippen LogP) is 1.66. The number of rotatable bonds is 4. The van der Waals surface area contributed by atoms with E-state index in [2.05, 4.69) is 6.58 Å². The minimum Gasteiger partial charge on any atom is -0.309 e. The maximum atomic E-state index is 10.9. The number of Topliss-reactive ketones (excluding diaryl/α,β-unsaturated/α-hetero) is 1. The van der Waals surface area contributed by atoms with Gasteiger partial charge in [0, 0.05) is 13.0 Å². The average molecular weight is 222 g/mol. The molecule has 2 nitrogen and oxygen atoms in total. The molecule has 0 aliphatic carbocycles. The first kappa shape index (κ1) is 13.4. The number of hydrogen-bond donors (Lipinski definition) is 0. The van der Waals surface area contributed by atoms with Gasteiger partial charge >= 0.3 is 0 Å². The highest BCUT2D eigenvalue weighted by molar-refractivity contribution is 8.93. The molecule has 0 rings (SSSR count). The van der Waals surface area contributed by atoms with Crippen molar-refractivity contribution >= 4 is 22.8 Å². The van der Waals surface area contributed by atoms with Crippen molar-refractivity contribution < 1.29 is 4.79 Å². The highest BCUT2D eigenvalue weighted by Gasteiger charge is 2.01. The summed E-state index contributed by atoms with van der Waals surface area (Å²) in [6.07, 6.45) is 0.586. The van der Waals surface area contributed by atoms with Gasteiger partial charge in [-0.25, -0.2) is 0 Å². The maximum absolute atomic E-state index is 10.9. The summed E-state index contributed by atoms with van der Waals surface area (Å²) >= 11 is 0.